The molecule has 2 rings (SSSR count). The fourth-order valence-electron chi connectivity index (χ4n) is 11.7. The van der Waals surface area contributed by atoms with E-state index in [2.05, 4.69) is 43.5 Å². The van der Waals surface area contributed by atoms with Gasteiger partial charge in [-0.25, -0.2) is 0 Å². The van der Waals surface area contributed by atoms with Crippen molar-refractivity contribution in [3.63, 3.8) is 0 Å². The summed E-state index contributed by atoms with van der Waals surface area (Å²) in [4.78, 5) is 13.3. The molecule has 84 heavy (non-hydrogen) atoms. The quantitative estimate of drug-likeness (QED) is 0.0204. The van der Waals surface area contributed by atoms with Crippen LogP contribution in [0, 0.1) is 0 Å². The standard InChI is InChI=1S/C70H131NO13/c1-3-5-7-9-11-13-15-17-19-21-22-23-24-25-26-27-28-29-30-31-32-33-34-35-36-37-38-40-42-44-46-48-50-52-54-62(75)71-58(59(74)53-51-49-47-45-43-41-39-20-18-16-14-12-10-8-6-4-2)57-81-69-67(80)65(78)68(61(56-73)83-69)84-70-66(79)64(77)63(76)60(55-72)82-70/h18,20,43,45,51,53,58-61,63-70,72-74,76-80H,3-17,19,21-42,44,46-50,52,54-57H2,1-2H3,(H,71,75)/b20-18+,45-43+,53-51+. The molecule has 0 aromatic carbocycles. The smallest absolute Gasteiger partial charge is 0.220 e. The normalized spacial score (nSPS) is 23.8. The second kappa shape index (κ2) is 55.3. The van der Waals surface area contributed by atoms with E-state index in [9.17, 15) is 45.6 Å². The number of ether oxygens (including phenoxy) is 4. The topological polar surface area (TPSA) is 228 Å². The number of carbonyl (C=O) groups is 1. The first-order chi connectivity index (χ1) is 41.1. The van der Waals surface area contributed by atoms with Crippen LogP contribution in [0.25, 0.3) is 0 Å². The Bertz CT molecular complexity index is 1550. The van der Waals surface area contributed by atoms with Crippen LogP contribution >= 0.6 is 0 Å². The lowest BCUT2D eigenvalue weighted by atomic mass is 9.97. The van der Waals surface area contributed by atoms with Crippen LogP contribution in [0.3, 0.4) is 0 Å². The van der Waals surface area contributed by atoms with E-state index in [0.29, 0.717) is 12.8 Å². The largest absolute Gasteiger partial charge is 0.394 e. The highest BCUT2D eigenvalue weighted by Gasteiger charge is 2.51. The van der Waals surface area contributed by atoms with Crippen molar-refractivity contribution >= 4 is 5.91 Å². The molecule has 9 N–H and O–H groups in total. The SMILES string of the molecule is CCCCCCCC/C=C/CC/C=C/CC/C=C/C(O)C(COC1OC(CO)C(OC2OC(CO)C(O)C(O)C2O)C(O)C1O)NC(=O)CCCCCCCCCCCCCCCCCCCCCCCCCCCCCCCCCCCC. The molecule has 2 aliphatic rings. The Kier molecular flexibility index (Phi) is 51.5. The molecule has 12 atom stereocenters. The van der Waals surface area contributed by atoms with Crippen molar-refractivity contribution in [1.29, 1.82) is 0 Å². The second-order valence-corrected chi connectivity index (χ2v) is 25.0. The molecule has 12 unspecified atom stereocenters. The number of allylic oxidation sites excluding steroid dienone is 5. The number of carbonyl (C=O) groups excluding carboxylic acids is 1. The average Bonchev–Trinajstić information content (AvgIpc) is 3.69. The molecular formula is C70H131NO13. The lowest BCUT2D eigenvalue weighted by Gasteiger charge is -2.46. The van der Waals surface area contributed by atoms with Crippen LogP contribution in [0.4, 0.5) is 0 Å². The van der Waals surface area contributed by atoms with E-state index in [1.807, 2.05) is 6.08 Å². The van der Waals surface area contributed by atoms with Crippen LogP contribution in [0.15, 0.2) is 36.5 Å². The number of amides is 1. The van der Waals surface area contributed by atoms with E-state index < -0.39 is 86.8 Å². The van der Waals surface area contributed by atoms with Gasteiger partial charge in [0.05, 0.1) is 32.0 Å². The van der Waals surface area contributed by atoms with Crippen LogP contribution in [0.5, 0.6) is 0 Å². The van der Waals surface area contributed by atoms with Crippen molar-refractivity contribution in [2.45, 2.75) is 383 Å². The molecule has 494 valence electrons. The molecule has 1 amide bonds. The van der Waals surface area contributed by atoms with Crippen molar-refractivity contribution in [3.8, 4) is 0 Å². The number of aliphatic hydroxyl groups excluding tert-OH is 8. The molecule has 0 spiro atoms. The molecule has 0 radical (unpaired) electrons. The van der Waals surface area contributed by atoms with Gasteiger partial charge < -0.3 is 65.1 Å². The first-order valence-electron chi connectivity index (χ1n) is 35.2. The molecule has 0 aromatic rings. The molecule has 0 bridgehead atoms. The van der Waals surface area contributed by atoms with E-state index in [1.54, 1.807) is 6.08 Å². The van der Waals surface area contributed by atoms with Crippen LogP contribution in [-0.4, -0.2) is 140 Å². The van der Waals surface area contributed by atoms with E-state index in [-0.39, 0.29) is 18.9 Å². The Morgan fingerprint density at radius 3 is 1.17 bits per heavy atom. The van der Waals surface area contributed by atoms with Gasteiger partial charge in [-0.2, -0.15) is 0 Å². The molecule has 2 saturated heterocycles. The van der Waals surface area contributed by atoms with Gasteiger partial charge in [0, 0.05) is 6.42 Å². The molecule has 14 heteroatoms. The van der Waals surface area contributed by atoms with Gasteiger partial charge in [-0.15, -0.1) is 0 Å². The van der Waals surface area contributed by atoms with E-state index in [4.69, 9.17) is 18.9 Å². The summed E-state index contributed by atoms with van der Waals surface area (Å²) < 4.78 is 22.8. The molecule has 0 saturated carbocycles. The molecule has 2 aliphatic heterocycles. The van der Waals surface area contributed by atoms with Gasteiger partial charge in [0.1, 0.15) is 48.8 Å². The summed E-state index contributed by atoms with van der Waals surface area (Å²) in [6.45, 7) is 2.80. The third kappa shape index (κ3) is 39.3. The van der Waals surface area contributed by atoms with Gasteiger partial charge in [0.15, 0.2) is 12.6 Å². The van der Waals surface area contributed by atoms with Crippen LogP contribution in [0.1, 0.15) is 309 Å². The minimum Gasteiger partial charge on any atom is -0.394 e. The summed E-state index contributed by atoms with van der Waals surface area (Å²) in [6, 6.07) is -0.936. The molecular weight excluding hydrogens is 1060 g/mol. The highest BCUT2D eigenvalue weighted by molar-refractivity contribution is 5.76. The maximum absolute atomic E-state index is 13.3. The summed E-state index contributed by atoms with van der Waals surface area (Å²) >= 11 is 0. The van der Waals surface area contributed by atoms with Gasteiger partial charge >= 0.3 is 0 Å². The van der Waals surface area contributed by atoms with Crippen molar-refractivity contribution in [2.75, 3.05) is 19.8 Å². The minimum atomic E-state index is -1.79. The number of aliphatic hydroxyl groups is 8. The third-order valence-electron chi connectivity index (χ3n) is 17.3. The Balaban J connectivity index is 1.62. The zero-order chi connectivity index (χ0) is 60.9. The predicted molar refractivity (Wildman–Crippen MR) is 341 cm³/mol. The zero-order valence-corrected chi connectivity index (χ0v) is 53.7. The van der Waals surface area contributed by atoms with E-state index in [0.717, 1.165) is 44.9 Å². The lowest BCUT2D eigenvalue weighted by Crippen LogP contribution is -2.65. The molecule has 2 heterocycles. The fourth-order valence-corrected chi connectivity index (χ4v) is 11.7. The third-order valence-corrected chi connectivity index (χ3v) is 17.3. The minimum absolute atomic E-state index is 0.248. The molecule has 2 fully saturated rings. The Hall–Kier alpha value is -1.79. The molecule has 0 aliphatic carbocycles. The predicted octanol–water partition coefficient (Wildman–Crippen LogP) is 14.1. The Labute approximate surface area is 512 Å². The first-order valence-corrected chi connectivity index (χ1v) is 35.2. The Morgan fingerprint density at radius 2 is 0.762 bits per heavy atom. The zero-order valence-electron chi connectivity index (χ0n) is 53.7. The highest BCUT2D eigenvalue weighted by Crippen LogP contribution is 2.30. The van der Waals surface area contributed by atoms with Gasteiger partial charge in [-0.05, 0) is 44.9 Å². The number of hydrogen-bond donors (Lipinski definition) is 9. The van der Waals surface area contributed by atoms with Crippen LogP contribution in [-0.2, 0) is 23.7 Å². The number of rotatable bonds is 58. The first kappa shape index (κ1) is 78.3. The summed E-state index contributed by atoms with van der Waals surface area (Å²) in [5.74, 6) is -0.248. The van der Waals surface area contributed by atoms with Crippen molar-refractivity contribution in [2.24, 2.45) is 0 Å². The van der Waals surface area contributed by atoms with Crippen LogP contribution in [0.2, 0.25) is 0 Å². The number of unbranched alkanes of at least 4 members (excludes halogenated alkanes) is 41. The Morgan fingerprint density at radius 1 is 0.417 bits per heavy atom. The van der Waals surface area contributed by atoms with Crippen molar-refractivity contribution in [1.82, 2.24) is 5.32 Å². The maximum atomic E-state index is 13.3. The summed E-state index contributed by atoms with van der Waals surface area (Å²) in [5, 5.41) is 87.2. The van der Waals surface area contributed by atoms with Gasteiger partial charge in [0.2, 0.25) is 5.91 Å². The summed E-state index contributed by atoms with van der Waals surface area (Å²) in [6.07, 6.45) is 53.7. The van der Waals surface area contributed by atoms with E-state index in [1.165, 1.54) is 231 Å². The molecule has 0 aromatic heterocycles. The number of hydrogen-bond acceptors (Lipinski definition) is 13. The lowest BCUT2D eigenvalue weighted by molar-refractivity contribution is -0.359. The van der Waals surface area contributed by atoms with Crippen molar-refractivity contribution in [3.05, 3.63) is 36.5 Å². The van der Waals surface area contributed by atoms with Crippen molar-refractivity contribution < 1.29 is 64.6 Å². The summed E-state index contributed by atoms with van der Waals surface area (Å²) in [5.41, 5.74) is 0. The highest BCUT2D eigenvalue weighted by atomic mass is 16.7. The average molecular weight is 1190 g/mol. The fraction of sp³-hybridized carbons (Fsp3) is 0.900. The van der Waals surface area contributed by atoms with Crippen LogP contribution < -0.4 is 5.32 Å². The monoisotopic (exact) mass is 1190 g/mol. The number of nitrogens with one attached hydrogen (secondary N) is 1. The van der Waals surface area contributed by atoms with E-state index >= 15 is 0 Å². The summed E-state index contributed by atoms with van der Waals surface area (Å²) in [7, 11) is 0. The second-order valence-electron chi connectivity index (χ2n) is 25.0. The van der Waals surface area contributed by atoms with Gasteiger partial charge in [0.25, 0.3) is 0 Å². The van der Waals surface area contributed by atoms with Gasteiger partial charge in [-0.3, -0.25) is 4.79 Å². The van der Waals surface area contributed by atoms with Gasteiger partial charge in [-0.1, -0.05) is 294 Å². The molecule has 14 nitrogen and oxygen atoms in total. The maximum Gasteiger partial charge on any atom is 0.220 e.